The van der Waals surface area contributed by atoms with Crippen molar-refractivity contribution in [1.29, 1.82) is 0 Å². The van der Waals surface area contributed by atoms with Gasteiger partial charge in [-0.05, 0) is 50.2 Å². The minimum Gasteiger partial charge on any atom is -0.305 e. The summed E-state index contributed by atoms with van der Waals surface area (Å²) in [6.07, 6.45) is 0. The van der Waals surface area contributed by atoms with E-state index >= 15 is 0 Å². The molecule has 136 valence electrons. The van der Waals surface area contributed by atoms with E-state index in [9.17, 15) is 0 Å². The maximum Gasteiger partial charge on any atom is 0.0649 e. The average molecular weight is 357 g/mol. The maximum atomic E-state index is 4.63. The summed E-state index contributed by atoms with van der Waals surface area (Å²) in [5.41, 5.74) is 6.46. The van der Waals surface area contributed by atoms with Gasteiger partial charge in [-0.2, -0.15) is 10.2 Å². The van der Waals surface area contributed by atoms with Gasteiger partial charge in [-0.15, -0.1) is 0 Å². The zero-order chi connectivity index (χ0) is 18.6. The maximum absolute atomic E-state index is 4.63. The van der Waals surface area contributed by atoms with Crippen molar-refractivity contribution in [2.24, 2.45) is 0 Å². The quantitative estimate of drug-likeness (QED) is 0.568. The Labute approximate surface area is 159 Å². The number of hydrogen-bond acceptors (Lipinski definition) is 3. The third-order valence-electron chi connectivity index (χ3n) is 4.42. The smallest absolute Gasteiger partial charge is 0.0649 e. The van der Waals surface area contributed by atoms with Crippen LogP contribution >= 0.6 is 0 Å². The fraction of sp³-hybridized carbons (Fsp3) is 0.182. The average Bonchev–Trinajstić information content (AvgIpc) is 3.25. The van der Waals surface area contributed by atoms with Crippen molar-refractivity contribution in [1.82, 2.24) is 24.9 Å². The van der Waals surface area contributed by atoms with Crippen molar-refractivity contribution in [3.8, 4) is 11.4 Å². The summed E-state index contributed by atoms with van der Waals surface area (Å²) in [6.45, 7) is 5.51. The molecular formula is C22H23N5. The second-order valence-corrected chi connectivity index (χ2v) is 6.65. The molecule has 0 fully saturated rings. The Hall–Kier alpha value is -3.18. The summed E-state index contributed by atoms with van der Waals surface area (Å²) < 4.78 is 4.00. The Morgan fingerprint density at radius 3 is 1.48 bits per heavy atom. The number of nitrogens with one attached hydrogen (secondary N) is 1. The number of benzene rings is 2. The molecule has 0 unspecified atom stereocenters. The molecule has 2 aromatic carbocycles. The van der Waals surface area contributed by atoms with Crippen LogP contribution in [0.25, 0.3) is 11.4 Å². The van der Waals surface area contributed by atoms with E-state index in [0.29, 0.717) is 0 Å². The number of nitrogens with zero attached hydrogens (tertiary/aromatic N) is 4. The van der Waals surface area contributed by atoms with Crippen LogP contribution in [0.4, 0.5) is 0 Å². The van der Waals surface area contributed by atoms with Crippen molar-refractivity contribution >= 4 is 0 Å². The molecule has 2 aromatic heterocycles. The van der Waals surface area contributed by atoms with E-state index in [0.717, 1.165) is 47.2 Å². The van der Waals surface area contributed by atoms with Crippen molar-refractivity contribution < 1.29 is 0 Å². The molecule has 0 bridgehead atoms. The summed E-state index contributed by atoms with van der Waals surface area (Å²) in [5, 5.41) is 12.8. The van der Waals surface area contributed by atoms with Gasteiger partial charge in [-0.1, -0.05) is 36.4 Å². The van der Waals surface area contributed by atoms with Gasteiger partial charge in [0.2, 0.25) is 0 Å². The Balaban J connectivity index is 1.51. The largest absolute Gasteiger partial charge is 0.305 e. The van der Waals surface area contributed by atoms with Gasteiger partial charge in [0.05, 0.1) is 34.2 Å². The van der Waals surface area contributed by atoms with Gasteiger partial charge < -0.3 is 5.32 Å². The highest BCUT2D eigenvalue weighted by Gasteiger charge is 2.10. The van der Waals surface area contributed by atoms with E-state index in [1.54, 1.807) is 0 Å². The molecule has 0 spiro atoms. The monoisotopic (exact) mass is 357 g/mol. The van der Waals surface area contributed by atoms with Crippen LogP contribution in [0.2, 0.25) is 0 Å². The zero-order valence-electron chi connectivity index (χ0n) is 15.6. The molecule has 5 heteroatoms. The lowest BCUT2D eigenvalue weighted by Crippen LogP contribution is -2.18. The van der Waals surface area contributed by atoms with Crippen molar-refractivity contribution in [3.05, 3.63) is 95.6 Å². The van der Waals surface area contributed by atoms with Crippen LogP contribution < -0.4 is 5.32 Å². The van der Waals surface area contributed by atoms with E-state index < -0.39 is 0 Å². The van der Waals surface area contributed by atoms with E-state index in [1.807, 2.05) is 59.6 Å². The predicted molar refractivity (Wildman–Crippen MR) is 107 cm³/mol. The highest BCUT2D eigenvalue weighted by atomic mass is 15.3. The normalized spacial score (nSPS) is 11.0. The van der Waals surface area contributed by atoms with Gasteiger partial charge in [-0.3, -0.25) is 0 Å². The molecule has 0 atom stereocenters. The van der Waals surface area contributed by atoms with Crippen LogP contribution in [0.15, 0.2) is 72.8 Å². The van der Waals surface area contributed by atoms with E-state index in [1.165, 1.54) is 0 Å². The summed E-state index contributed by atoms with van der Waals surface area (Å²) in [7, 11) is 0. The van der Waals surface area contributed by atoms with E-state index in [-0.39, 0.29) is 0 Å². The number of rotatable bonds is 6. The van der Waals surface area contributed by atoms with Gasteiger partial charge >= 0.3 is 0 Å². The minimum absolute atomic E-state index is 0.731. The topological polar surface area (TPSA) is 47.7 Å². The Kier molecular flexibility index (Phi) is 4.85. The zero-order valence-corrected chi connectivity index (χ0v) is 15.6. The lowest BCUT2D eigenvalue weighted by molar-refractivity contribution is 0.628. The lowest BCUT2D eigenvalue weighted by atomic mass is 10.3. The van der Waals surface area contributed by atoms with E-state index in [2.05, 4.69) is 51.9 Å². The van der Waals surface area contributed by atoms with Crippen LogP contribution in [-0.4, -0.2) is 19.6 Å². The predicted octanol–water partition coefficient (Wildman–Crippen LogP) is 3.96. The first-order chi connectivity index (χ1) is 13.2. The van der Waals surface area contributed by atoms with Crippen molar-refractivity contribution in [3.63, 3.8) is 0 Å². The molecule has 0 saturated heterocycles. The summed E-state index contributed by atoms with van der Waals surface area (Å²) in [4.78, 5) is 0. The van der Waals surface area contributed by atoms with Gasteiger partial charge in [0, 0.05) is 13.1 Å². The van der Waals surface area contributed by atoms with Crippen LogP contribution in [0, 0.1) is 13.8 Å². The van der Waals surface area contributed by atoms with Crippen molar-refractivity contribution in [2.45, 2.75) is 26.9 Å². The first kappa shape index (κ1) is 17.2. The standard InChI is InChI=1S/C22H23N5/c1-17-13-21(26(24-17)19-9-5-3-6-10-19)15-23-16-22-14-18(2)25-27(22)20-11-7-4-8-12-20/h3-14,23H,15-16H2,1-2H3. The number of para-hydroxylation sites is 2. The molecule has 0 aliphatic heterocycles. The molecule has 4 aromatic rings. The number of hydrogen-bond donors (Lipinski definition) is 1. The third kappa shape index (κ3) is 3.83. The van der Waals surface area contributed by atoms with Crippen LogP contribution in [0.3, 0.4) is 0 Å². The van der Waals surface area contributed by atoms with Crippen LogP contribution in [0.5, 0.6) is 0 Å². The SMILES string of the molecule is Cc1cc(CNCc2cc(C)nn2-c2ccccc2)n(-c2ccccc2)n1. The highest BCUT2D eigenvalue weighted by Crippen LogP contribution is 2.14. The second-order valence-electron chi connectivity index (χ2n) is 6.65. The molecule has 2 heterocycles. The summed E-state index contributed by atoms with van der Waals surface area (Å²) in [6, 6.07) is 24.7. The van der Waals surface area contributed by atoms with Gasteiger partial charge in [0.25, 0.3) is 0 Å². The fourth-order valence-electron chi connectivity index (χ4n) is 3.26. The second kappa shape index (κ2) is 7.60. The molecular weight excluding hydrogens is 334 g/mol. The molecule has 0 radical (unpaired) electrons. The van der Waals surface area contributed by atoms with Crippen molar-refractivity contribution in [2.75, 3.05) is 0 Å². The minimum atomic E-state index is 0.731. The highest BCUT2D eigenvalue weighted by molar-refractivity contribution is 5.34. The number of aryl methyl sites for hydroxylation is 2. The lowest BCUT2D eigenvalue weighted by Gasteiger charge is -2.10. The van der Waals surface area contributed by atoms with Crippen LogP contribution in [-0.2, 0) is 13.1 Å². The molecule has 5 nitrogen and oxygen atoms in total. The molecule has 4 rings (SSSR count). The molecule has 0 aliphatic carbocycles. The van der Waals surface area contributed by atoms with Crippen LogP contribution in [0.1, 0.15) is 22.8 Å². The molecule has 0 saturated carbocycles. The molecule has 0 aliphatic rings. The first-order valence-corrected chi connectivity index (χ1v) is 9.13. The number of aromatic nitrogens is 4. The van der Waals surface area contributed by atoms with Gasteiger partial charge in [0.15, 0.2) is 0 Å². The Morgan fingerprint density at radius 1 is 0.667 bits per heavy atom. The molecule has 1 N–H and O–H groups in total. The van der Waals surface area contributed by atoms with E-state index in [4.69, 9.17) is 0 Å². The third-order valence-corrected chi connectivity index (χ3v) is 4.42. The summed E-state index contributed by atoms with van der Waals surface area (Å²) in [5.74, 6) is 0. The first-order valence-electron chi connectivity index (χ1n) is 9.13. The van der Waals surface area contributed by atoms with Gasteiger partial charge in [0.1, 0.15) is 0 Å². The van der Waals surface area contributed by atoms with Gasteiger partial charge in [-0.25, -0.2) is 9.36 Å². The summed E-state index contributed by atoms with van der Waals surface area (Å²) >= 11 is 0. The molecule has 0 amide bonds. The molecule has 27 heavy (non-hydrogen) atoms. The Bertz CT molecular complexity index is 932. The Morgan fingerprint density at radius 2 is 1.07 bits per heavy atom. The fourth-order valence-corrected chi connectivity index (χ4v) is 3.26.